The SMILES string of the molecule is COCCn1c(SC(C(N)=O)c2ccccc2)nc2cc(Cl)ccc21. The molecule has 3 aromatic rings. The molecule has 1 amide bonds. The number of primary amides is 1. The number of benzene rings is 2. The fraction of sp³-hybridized carbons (Fsp3) is 0.222. The van der Waals surface area contributed by atoms with Crippen LogP contribution in [-0.4, -0.2) is 29.2 Å². The van der Waals surface area contributed by atoms with Gasteiger partial charge in [0.15, 0.2) is 5.16 Å². The number of imidazole rings is 1. The Hall–Kier alpha value is -2.02. The highest BCUT2D eigenvalue weighted by molar-refractivity contribution is 8.00. The predicted octanol–water partition coefficient (Wildman–Crippen LogP) is 3.65. The average Bonchev–Trinajstić information content (AvgIpc) is 2.94. The Labute approximate surface area is 155 Å². The summed E-state index contributed by atoms with van der Waals surface area (Å²) in [5.74, 6) is -0.403. The summed E-state index contributed by atoms with van der Waals surface area (Å²) in [6.45, 7) is 1.16. The molecule has 0 radical (unpaired) electrons. The number of fused-ring (bicyclic) bond motifs is 1. The molecule has 2 N–H and O–H groups in total. The van der Waals surface area contributed by atoms with Gasteiger partial charge in [-0.25, -0.2) is 4.98 Å². The van der Waals surface area contributed by atoms with Gasteiger partial charge in [0.2, 0.25) is 5.91 Å². The summed E-state index contributed by atoms with van der Waals surface area (Å²) >= 11 is 7.42. The van der Waals surface area contributed by atoms with Crippen LogP contribution >= 0.6 is 23.4 Å². The first-order chi connectivity index (χ1) is 12.1. The standard InChI is InChI=1S/C18H18ClN3O2S/c1-24-10-9-22-15-8-7-13(19)11-14(15)21-18(22)25-16(17(20)23)12-5-3-2-4-6-12/h2-8,11,16H,9-10H2,1H3,(H2,20,23). The van der Waals surface area contributed by atoms with Crippen LogP contribution in [0.5, 0.6) is 0 Å². The van der Waals surface area contributed by atoms with Crippen LogP contribution in [0.25, 0.3) is 11.0 Å². The average molecular weight is 376 g/mol. The van der Waals surface area contributed by atoms with E-state index < -0.39 is 11.2 Å². The van der Waals surface area contributed by atoms with Gasteiger partial charge in [-0.15, -0.1) is 0 Å². The van der Waals surface area contributed by atoms with Gasteiger partial charge in [0.25, 0.3) is 0 Å². The number of rotatable bonds is 7. The molecule has 1 unspecified atom stereocenters. The summed E-state index contributed by atoms with van der Waals surface area (Å²) in [5.41, 5.74) is 8.22. The number of methoxy groups -OCH3 is 1. The van der Waals surface area contributed by atoms with E-state index in [1.165, 1.54) is 11.8 Å². The number of nitrogens with zero attached hydrogens (tertiary/aromatic N) is 2. The van der Waals surface area contributed by atoms with Gasteiger partial charge in [-0.05, 0) is 23.8 Å². The van der Waals surface area contributed by atoms with Crippen LogP contribution in [0, 0.1) is 0 Å². The van der Waals surface area contributed by atoms with Crippen molar-refractivity contribution < 1.29 is 9.53 Å². The van der Waals surface area contributed by atoms with Gasteiger partial charge in [-0.1, -0.05) is 53.7 Å². The number of hydrogen-bond acceptors (Lipinski definition) is 4. The number of thioether (sulfide) groups is 1. The second-order valence-electron chi connectivity index (χ2n) is 5.48. The zero-order valence-electron chi connectivity index (χ0n) is 13.7. The van der Waals surface area contributed by atoms with Gasteiger partial charge < -0.3 is 15.0 Å². The third kappa shape index (κ3) is 3.98. The first kappa shape index (κ1) is 17.8. The Kier molecular flexibility index (Phi) is 5.63. The second-order valence-corrected chi connectivity index (χ2v) is 6.99. The summed E-state index contributed by atoms with van der Waals surface area (Å²) < 4.78 is 7.23. The van der Waals surface area contributed by atoms with Gasteiger partial charge >= 0.3 is 0 Å². The van der Waals surface area contributed by atoms with E-state index in [9.17, 15) is 4.79 Å². The molecule has 0 bridgehead atoms. The lowest BCUT2D eigenvalue weighted by molar-refractivity contribution is -0.117. The molecular formula is C18H18ClN3O2S. The summed E-state index contributed by atoms with van der Waals surface area (Å²) in [6, 6.07) is 15.0. The maximum Gasteiger partial charge on any atom is 0.235 e. The van der Waals surface area contributed by atoms with Crippen molar-refractivity contribution in [3.8, 4) is 0 Å². The lowest BCUT2D eigenvalue weighted by Crippen LogP contribution is -2.19. The lowest BCUT2D eigenvalue weighted by atomic mass is 10.1. The zero-order valence-corrected chi connectivity index (χ0v) is 15.3. The van der Waals surface area contributed by atoms with Crippen molar-refractivity contribution >= 4 is 40.3 Å². The molecule has 1 aromatic heterocycles. The van der Waals surface area contributed by atoms with E-state index in [-0.39, 0.29) is 0 Å². The van der Waals surface area contributed by atoms with E-state index in [0.717, 1.165) is 16.6 Å². The molecule has 5 nitrogen and oxygen atoms in total. The normalized spacial score (nSPS) is 12.4. The molecule has 1 heterocycles. The summed E-state index contributed by atoms with van der Waals surface area (Å²) in [4.78, 5) is 16.7. The zero-order chi connectivity index (χ0) is 17.8. The van der Waals surface area contributed by atoms with E-state index in [0.29, 0.717) is 23.3 Å². The molecule has 1 atom stereocenters. The van der Waals surface area contributed by atoms with E-state index in [1.54, 1.807) is 7.11 Å². The lowest BCUT2D eigenvalue weighted by Gasteiger charge is -2.14. The first-order valence-electron chi connectivity index (χ1n) is 7.76. The van der Waals surface area contributed by atoms with Crippen LogP contribution in [0.3, 0.4) is 0 Å². The molecule has 130 valence electrons. The third-order valence-corrected chi connectivity index (χ3v) is 5.28. The number of ether oxygens (including phenoxy) is 1. The van der Waals surface area contributed by atoms with Gasteiger partial charge in [-0.3, -0.25) is 4.79 Å². The van der Waals surface area contributed by atoms with Crippen LogP contribution in [0.4, 0.5) is 0 Å². The van der Waals surface area contributed by atoms with Crippen LogP contribution in [0.2, 0.25) is 5.02 Å². The Morgan fingerprint density at radius 1 is 1.32 bits per heavy atom. The predicted molar refractivity (Wildman–Crippen MR) is 101 cm³/mol. The Bertz CT molecular complexity index is 883. The number of aromatic nitrogens is 2. The van der Waals surface area contributed by atoms with Crippen molar-refractivity contribution in [2.45, 2.75) is 17.0 Å². The fourth-order valence-electron chi connectivity index (χ4n) is 2.59. The largest absolute Gasteiger partial charge is 0.383 e. The Morgan fingerprint density at radius 3 is 2.76 bits per heavy atom. The van der Waals surface area contributed by atoms with Gasteiger partial charge in [0, 0.05) is 18.7 Å². The van der Waals surface area contributed by atoms with Crippen LogP contribution < -0.4 is 5.73 Å². The number of nitrogens with two attached hydrogens (primary N) is 1. The molecule has 2 aromatic carbocycles. The summed E-state index contributed by atoms with van der Waals surface area (Å²) in [6.07, 6.45) is 0. The maximum atomic E-state index is 12.0. The molecule has 0 fully saturated rings. The van der Waals surface area contributed by atoms with Crippen molar-refractivity contribution in [3.63, 3.8) is 0 Å². The van der Waals surface area contributed by atoms with E-state index >= 15 is 0 Å². The minimum atomic E-state index is -0.519. The number of hydrogen-bond donors (Lipinski definition) is 1. The fourth-order valence-corrected chi connectivity index (χ4v) is 3.85. The summed E-state index contributed by atoms with van der Waals surface area (Å²) in [7, 11) is 1.65. The third-order valence-electron chi connectivity index (χ3n) is 3.78. The van der Waals surface area contributed by atoms with E-state index in [1.807, 2.05) is 53.1 Å². The first-order valence-corrected chi connectivity index (χ1v) is 9.01. The highest BCUT2D eigenvalue weighted by Crippen LogP contribution is 2.36. The van der Waals surface area contributed by atoms with Gasteiger partial charge in [0.1, 0.15) is 5.25 Å². The van der Waals surface area contributed by atoms with E-state index in [2.05, 4.69) is 4.98 Å². The molecule has 3 rings (SSSR count). The minimum absolute atomic E-state index is 0.403. The highest BCUT2D eigenvalue weighted by atomic mass is 35.5. The Morgan fingerprint density at radius 2 is 2.08 bits per heavy atom. The molecule has 0 spiro atoms. The number of amides is 1. The molecule has 0 saturated heterocycles. The molecule has 0 saturated carbocycles. The van der Waals surface area contributed by atoms with Crippen LogP contribution in [0.1, 0.15) is 10.8 Å². The molecular weight excluding hydrogens is 358 g/mol. The monoisotopic (exact) mass is 375 g/mol. The molecule has 0 aliphatic rings. The van der Waals surface area contributed by atoms with Gasteiger partial charge in [0.05, 0.1) is 17.6 Å². The Balaban J connectivity index is 2.02. The van der Waals surface area contributed by atoms with Crippen molar-refractivity contribution in [1.82, 2.24) is 9.55 Å². The molecule has 25 heavy (non-hydrogen) atoms. The molecule has 7 heteroatoms. The van der Waals surface area contributed by atoms with Crippen LogP contribution in [0.15, 0.2) is 53.7 Å². The number of carbonyl (C=O) groups excluding carboxylic acids is 1. The van der Waals surface area contributed by atoms with Gasteiger partial charge in [-0.2, -0.15) is 0 Å². The number of carbonyl (C=O) groups is 1. The smallest absolute Gasteiger partial charge is 0.235 e. The van der Waals surface area contributed by atoms with Crippen molar-refractivity contribution in [3.05, 3.63) is 59.1 Å². The maximum absolute atomic E-state index is 12.0. The second kappa shape index (κ2) is 7.91. The quantitative estimate of drug-likeness (QED) is 0.640. The number of halogens is 1. The van der Waals surface area contributed by atoms with Crippen molar-refractivity contribution in [1.29, 1.82) is 0 Å². The van der Waals surface area contributed by atoms with Crippen LogP contribution in [-0.2, 0) is 16.1 Å². The highest BCUT2D eigenvalue weighted by Gasteiger charge is 2.23. The van der Waals surface area contributed by atoms with E-state index in [4.69, 9.17) is 22.1 Å². The summed E-state index contributed by atoms with van der Waals surface area (Å²) in [5, 5.41) is 0.812. The molecule has 0 aliphatic carbocycles. The van der Waals surface area contributed by atoms with Crippen molar-refractivity contribution in [2.75, 3.05) is 13.7 Å². The van der Waals surface area contributed by atoms with Crippen molar-refractivity contribution in [2.24, 2.45) is 5.73 Å². The molecule has 0 aliphatic heterocycles. The minimum Gasteiger partial charge on any atom is -0.383 e. The topological polar surface area (TPSA) is 70.1 Å².